The van der Waals surface area contributed by atoms with Crippen molar-refractivity contribution in [2.75, 3.05) is 54.6 Å². The molecule has 0 spiro atoms. The zero-order valence-corrected chi connectivity index (χ0v) is 19.9. The SMILES string of the molecule is COc1cc(CN(CCN(CC(=O)O)CC(=O)O)Cc2cc(OC)cc(OC)c2)cc(OC)c1. The summed E-state index contributed by atoms with van der Waals surface area (Å²) in [4.78, 5) is 25.9. The Balaban J connectivity index is 2.30. The summed E-state index contributed by atoms with van der Waals surface area (Å²) in [6.45, 7) is 0.919. The lowest BCUT2D eigenvalue weighted by Crippen LogP contribution is -2.40. The zero-order chi connectivity index (χ0) is 25.1. The zero-order valence-electron chi connectivity index (χ0n) is 19.9. The van der Waals surface area contributed by atoms with Gasteiger partial charge in [-0.05, 0) is 35.4 Å². The van der Waals surface area contributed by atoms with E-state index in [1.165, 1.54) is 4.90 Å². The molecular weight excluding hydrogens is 444 g/mol. The van der Waals surface area contributed by atoms with Crippen LogP contribution in [0.3, 0.4) is 0 Å². The van der Waals surface area contributed by atoms with Crippen LogP contribution in [0.25, 0.3) is 0 Å². The van der Waals surface area contributed by atoms with Gasteiger partial charge in [0, 0.05) is 38.3 Å². The number of rotatable bonds is 15. The van der Waals surface area contributed by atoms with Gasteiger partial charge in [0.2, 0.25) is 0 Å². The molecule has 0 saturated heterocycles. The molecule has 0 radical (unpaired) electrons. The van der Waals surface area contributed by atoms with Crippen molar-refractivity contribution >= 4 is 11.9 Å². The largest absolute Gasteiger partial charge is 0.497 e. The van der Waals surface area contributed by atoms with Crippen molar-refractivity contribution in [2.24, 2.45) is 0 Å². The number of aliphatic carboxylic acids is 2. The summed E-state index contributed by atoms with van der Waals surface area (Å²) in [5, 5.41) is 18.3. The van der Waals surface area contributed by atoms with Crippen LogP contribution in [-0.2, 0) is 22.7 Å². The smallest absolute Gasteiger partial charge is 0.317 e. The molecule has 186 valence electrons. The maximum atomic E-state index is 11.2. The van der Waals surface area contributed by atoms with Crippen LogP contribution in [0.5, 0.6) is 23.0 Å². The van der Waals surface area contributed by atoms with E-state index in [1.54, 1.807) is 40.6 Å². The molecule has 0 atom stereocenters. The fourth-order valence-electron chi connectivity index (χ4n) is 3.53. The Morgan fingerprint density at radius 2 is 0.941 bits per heavy atom. The van der Waals surface area contributed by atoms with Crippen LogP contribution in [0.1, 0.15) is 11.1 Å². The van der Waals surface area contributed by atoms with E-state index in [1.807, 2.05) is 24.3 Å². The van der Waals surface area contributed by atoms with Crippen molar-refractivity contribution in [3.63, 3.8) is 0 Å². The van der Waals surface area contributed by atoms with E-state index in [0.29, 0.717) is 42.6 Å². The highest BCUT2D eigenvalue weighted by Crippen LogP contribution is 2.26. The highest BCUT2D eigenvalue weighted by molar-refractivity contribution is 5.72. The summed E-state index contributed by atoms with van der Waals surface area (Å²) >= 11 is 0. The first kappa shape index (κ1) is 26.7. The van der Waals surface area contributed by atoms with E-state index in [9.17, 15) is 9.59 Å². The van der Waals surface area contributed by atoms with E-state index >= 15 is 0 Å². The number of hydrogen-bond acceptors (Lipinski definition) is 8. The minimum absolute atomic E-state index is 0.251. The van der Waals surface area contributed by atoms with Crippen LogP contribution in [0.15, 0.2) is 36.4 Å². The second kappa shape index (κ2) is 13.3. The molecule has 34 heavy (non-hydrogen) atoms. The van der Waals surface area contributed by atoms with Gasteiger partial charge in [-0.25, -0.2) is 0 Å². The molecule has 2 rings (SSSR count). The monoisotopic (exact) mass is 476 g/mol. The van der Waals surface area contributed by atoms with Gasteiger partial charge in [0.25, 0.3) is 0 Å². The fraction of sp³-hybridized carbons (Fsp3) is 0.417. The summed E-state index contributed by atoms with van der Waals surface area (Å²) in [5.74, 6) is 0.434. The molecule has 0 aromatic heterocycles. The molecule has 0 bridgehead atoms. The topological polar surface area (TPSA) is 118 Å². The number of carboxylic acid groups (broad SMARTS) is 2. The quantitative estimate of drug-likeness (QED) is 0.396. The highest BCUT2D eigenvalue weighted by atomic mass is 16.5. The third kappa shape index (κ3) is 8.80. The Labute approximate surface area is 199 Å². The Morgan fingerprint density at radius 3 is 1.24 bits per heavy atom. The third-order valence-electron chi connectivity index (χ3n) is 5.09. The maximum absolute atomic E-state index is 11.2. The minimum Gasteiger partial charge on any atom is -0.497 e. The van der Waals surface area contributed by atoms with Crippen LogP contribution < -0.4 is 18.9 Å². The van der Waals surface area contributed by atoms with E-state index in [-0.39, 0.29) is 19.6 Å². The van der Waals surface area contributed by atoms with Gasteiger partial charge < -0.3 is 29.2 Å². The van der Waals surface area contributed by atoms with E-state index in [0.717, 1.165) is 11.1 Å². The van der Waals surface area contributed by atoms with E-state index < -0.39 is 11.9 Å². The lowest BCUT2D eigenvalue weighted by atomic mass is 10.1. The van der Waals surface area contributed by atoms with Gasteiger partial charge in [0.15, 0.2) is 0 Å². The molecule has 2 aromatic rings. The normalized spacial score (nSPS) is 10.9. The number of hydrogen-bond donors (Lipinski definition) is 2. The van der Waals surface area contributed by atoms with Crippen LogP contribution in [-0.4, -0.2) is 86.6 Å². The van der Waals surface area contributed by atoms with Crippen molar-refractivity contribution in [3.8, 4) is 23.0 Å². The van der Waals surface area contributed by atoms with Gasteiger partial charge >= 0.3 is 11.9 Å². The van der Waals surface area contributed by atoms with Crippen molar-refractivity contribution in [2.45, 2.75) is 13.1 Å². The lowest BCUT2D eigenvalue weighted by Gasteiger charge is -2.27. The van der Waals surface area contributed by atoms with Crippen molar-refractivity contribution in [1.29, 1.82) is 0 Å². The minimum atomic E-state index is -1.08. The van der Waals surface area contributed by atoms with Crippen LogP contribution in [0.2, 0.25) is 0 Å². The molecule has 10 nitrogen and oxygen atoms in total. The Hall–Kier alpha value is -3.50. The maximum Gasteiger partial charge on any atom is 0.317 e. The van der Waals surface area contributed by atoms with Gasteiger partial charge in [0.1, 0.15) is 23.0 Å². The summed E-state index contributed by atoms with van der Waals surface area (Å²) in [5.41, 5.74) is 1.85. The molecule has 2 aromatic carbocycles. The molecule has 0 heterocycles. The van der Waals surface area contributed by atoms with Crippen molar-refractivity contribution < 1.29 is 38.7 Å². The van der Waals surface area contributed by atoms with E-state index in [2.05, 4.69) is 4.90 Å². The van der Waals surface area contributed by atoms with Crippen LogP contribution in [0, 0.1) is 0 Å². The Morgan fingerprint density at radius 1 is 0.618 bits per heavy atom. The van der Waals surface area contributed by atoms with E-state index in [4.69, 9.17) is 29.2 Å². The van der Waals surface area contributed by atoms with Gasteiger partial charge in [-0.3, -0.25) is 19.4 Å². The summed E-state index contributed by atoms with van der Waals surface area (Å²) in [7, 11) is 6.31. The molecule has 0 aliphatic heterocycles. The molecule has 10 heteroatoms. The second-order valence-electron chi connectivity index (χ2n) is 7.65. The molecule has 0 aliphatic rings. The number of benzene rings is 2. The fourth-order valence-corrected chi connectivity index (χ4v) is 3.53. The van der Waals surface area contributed by atoms with Crippen LogP contribution in [0.4, 0.5) is 0 Å². The number of carboxylic acids is 2. The summed E-state index contributed by atoms with van der Waals surface area (Å²) in [6, 6.07) is 11.1. The number of carbonyl (C=O) groups is 2. The van der Waals surface area contributed by atoms with Crippen molar-refractivity contribution in [1.82, 2.24) is 9.80 Å². The lowest BCUT2D eigenvalue weighted by molar-refractivity contribution is -0.141. The molecule has 0 amide bonds. The Kier molecular flexibility index (Phi) is 10.4. The Bertz CT molecular complexity index is 848. The van der Waals surface area contributed by atoms with Gasteiger partial charge in [-0.15, -0.1) is 0 Å². The predicted octanol–water partition coefficient (Wildman–Crippen LogP) is 2.19. The van der Waals surface area contributed by atoms with Crippen molar-refractivity contribution in [3.05, 3.63) is 47.5 Å². The van der Waals surface area contributed by atoms with Gasteiger partial charge in [0.05, 0.1) is 41.5 Å². The molecule has 0 saturated carbocycles. The molecule has 0 fully saturated rings. The van der Waals surface area contributed by atoms with Crippen LogP contribution >= 0.6 is 0 Å². The molecule has 0 unspecified atom stereocenters. The summed E-state index contributed by atoms with van der Waals surface area (Å²) in [6.07, 6.45) is 0. The van der Waals surface area contributed by atoms with Gasteiger partial charge in [-0.1, -0.05) is 0 Å². The highest BCUT2D eigenvalue weighted by Gasteiger charge is 2.17. The number of ether oxygens (including phenoxy) is 4. The number of nitrogens with zero attached hydrogens (tertiary/aromatic N) is 2. The van der Waals surface area contributed by atoms with Gasteiger partial charge in [-0.2, -0.15) is 0 Å². The first-order valence-electron chi connectivity index (χ1n) is 10.6. The molecule has 0 aliphatic carbocycles. The average molecular weight is 477 g/mol. The second-order valence-corrected chi connectivity index (χ2v) is 7.65. The first-order chi connectivity index (χ1) is 16.3. The average Bonchev–Trinajstić information content (AvgIpc) is 2.80. The summed E-state index contributed by atoms with van der Waals surface area (Å²) < 4.78 is 21.5. The molecular formula is C24H32N2O8. The molecule has 2 N–H and O–H groups in total. The first-order valence-corrected chi connectivity index (χ1v) is 10.6. The standard InChI is InChI=1S/C24H32N2O8/c1-31-19-7-17(8-20(11-19)32-2)13-25(5-6-26(15-23(27)28)16-24(29)30)14-18-9-21(33-3)12-22(10-18)34-4/h7-12H,5-6,13-16H2,1-4H3,(H,27,28)(H,29,30). The number of methoxy groups -OCH3 is 4. The predicted molar refractivity (Wildman–Crippen MR) is 125 cm³/mol. The third-order valence-corrected chi connectivity index (χ3v) is 5.09.